The standard InChI is InChI=1S/C15H22N2O2S/c16-14(9-11-4-6-12(18)7-5-11)15(19)17-10-13-3-1-2-8-20-13/h4-7,13-14,18H,1-3,8-10,16H2,(H,17,19)/t13?,14-/m1/s1. The van der Waals surface area contributed by atoms with Gasteiger partial charge in [0.15, 0.2) is 0 Å². The number of benzene rings is 1. The predicted octanol–water partition coefficient (Wildman–Crippen LogP) is 1.66. The number of hydrogen-bond acceptors (Lipinski definition) is 4. The van der Waals surface area contributed by atoms with Crippen LogP contribution in [0.2, 0.25) is 0 Å². The molecule has 1 aliphatic heterocycles. The quantitative estimate of drug-likeness (QED) is 0.772. The summed E-state index contributed by atoms with van der Waals surface area (Å²) in [6.07, 6.45) is 4.21. The van der Waals surface area contributed by atoms with E-state index < -0.39 is 6.04 Å². The lowest BCUT2D eigenvalue weighted by molar-refractivity contribution is -0.122. The summed E-state index contributed by atoms with van der Waals surface area (Å²) in [5.41, 5.74) is 6.88. The second-order valence-electron chi connectivity index (χ2n) is 5.21. The minimum Gasteiger partial charge on any atom is -0.508 e. The van der Waals surface area contributed by atoms with Gasteiger partial charge in [0.2, 0.25) is 5.91 Å². The van der Waals surface area contributed by atoms with Crippen LogP contribution in [0.3, 0.4) is 0 Å². The maximum absolute atomic E-state index is 12.0. The average molecular weight is 294 g/mol. The van der Waals surface area contributed by atoms with E-state index in [2.05, 4.69) is 5.32 Å². The van der Waals surface area contributed by atoms with E-state index in [9.17, 15) is 9.90 Å². The molecular formula is C15H22N2O2S. The molecule has 110 valence electrons. The molecule has 1 aliphatic rings. The van der Waals surface area contributed by atoms with Crippen molar-refractivity contribution >= 4 is 17.7 Å². The number of phenols is 1. The summed E-state index contributed by atoms with van der Waals surface area (Å²) in [7, 11) is 0. The summed E-state index contributed by atoms with van der Waals surface area (Å²) in [6, 6.07) is 6.27. The molecule has 0 spiro atoms. The lowest BCUT2D eigenvalue weighted by Gasteiger charge is -2.22. The van der Waals surface area contributed by atoms with Gasteiger partial charge in [0.05, 0.1) is 6.04 Å². The zero-order chi connectivity index (χ0) is 14.4. The van der Waals surface area contributed by atoms with Crippen molar-refractivity contribution in [2.24, 2.45) is 5.73 Å². The number of nitrogens with two attached hydrogens (primary N) is 1. The van der Waals surface area contributed by atoms with E-state index in [-0.39, 0.29) is 11.7 Å². The molecule has 1 unspecified atom stereocenters. The summed E-state index contributed by atoms with van der Waals surface area (Å²) in [5.74, 6) is 1.32. The van der Waals surface area contributed by atoms with Gasteiger partial charge in [0.1, 0.15) is 5.75 Å². The first-order valence-corrected chi connectivity index (χ1v) is 8.13. The Morgan fingerprint density at radius 2 is 2.15 bits per heavy atom. The Balaban J connectivity index is 1.75. The molecule has 1 fully saturated rings. The van der Waals surface area contributed by atoms with E-state index >= 15 is 0 Å². The van der Waals surface area contributed by atoms with Gasteiger partial charge in [-0.2, -0.15) is 11.8 Å². The molecule has 0 aliphatic carbocycles. The van der Waals surface area contributed by atoms with E-state index in [0.717, 1.165) is 5.56 Å². The number of phenolic OH excluding ortho intramolecular Hbond substituents is 1. The fourth-order valence-electron chi connectivity index (χ4n) is 2.29. The first kappa shape index (κ1) is 15.2. The van der Waals surface area contributed by atoms with Gasteiger partial charge in [-0.15, -0.1) is 0 Å². The van der Waals surface area contributed by atoms with Gasteiger partial charge in [-0.25, -0.2) is 0 Å². The summed E-state index contributed by atoms with van der Waals surface area (Å²) in [4.78, 5) is 12.0. The first-order valence-electron chi connectivity index (χ1n) is 7.08. The number of nitrogens with one attached hydrogen (secondary N) is 1. The van der Waals surface area contributed by atoms with Crippen LogP contribution >= 0.6 is 11.8 Å². The molecule has 4 N–H and O–H groups in total. The summed E-state index contributed by atoms with van der Waals surface area (Å²) < 4.78 is 0. The molecule has 1 saturated heterocycles. The van der Waals surface area contributed by atoms with Crippen molar-refractivity contribution in [2.45, 2.75) is 37.0 Å². The van der Waals surface area contributed by atoms with Crippen LogP contribution < -0.4 is 11.1 Å². The second-order valence-corrected chi connectivity index (χ2v) is 6.62. The number of amides is 1. The van der Waals surface area contributed by atoms with Crippen molar-refractivity contribution in [3.63, 3.8) is 0 Å². The predicted molar refractivity (Wildman–Crippen MR) is 82.9 cm³/mol. The first-order chi connectivity index (χ1) is 9.65. The molecule has 1 heterocycles. The van der Waals surface area contributed by atoms with Crippen molar-refractivity contribution < 1.29 is 9.90 Å². The Morgan fingerprint density at radius 1 is 1.40 bits per heavy atom. The van der Waals surface area contributed by atoms with Crippen molar-refractivity contribution in [2.75, 3.05) is 12.3 Å². The largest absolute Gasteiger partial charge is 0.508 e. The number of carbonyl (C=O) groups excluding carboxylic acids is 1. The zero-order valence-corrected chi connectivity index (χ0v) is 12.4. The molecule has 0 bridgehead atoms. The van der Waals surface area contributed by atoms with Gasteiger partial charge in [-0.05, 0) is 42.7 Å². The molecule has 1 amide bonds. The molecule has 0 radical (unpaired) electrons. The summed E-state index contributed by atoms with van der Waals surface area (Å²) in [6.45, 7) is 0.715. The lowest BCUT2D eigenvalue weighted by Crippen LogP contribution is -2.44. The highest BCUT2D eigenvalue weighted by molar-refractivity contribution is 7.99. The molecule has 0 saturated carbocycles. The van der Waals surface area contributed by atoms with Gasteiger partial charge < -0.3 is 16.2 Å². The molecule has 20 heavy (non-hydrogen) atoms. The van der Waals surface area contributed by atoms with Gasteiger partial charge in [0, 0.05) is 11.8 Å². The number of carbonyl (C=O) groups is 1. The van der Waals surface area contributed by atoms with Crippen LogP contribution in [-0.4, -0.2) is 34.6 Å². The van der Waals surface area contributed by atoms with Crippen molar-refractivity contribution in [1.82, 2.24) is 5.32 Å². The number of thioether (sulfide) groups is 1. The zero-order valence-electron chi connectivity index (χ0n) is 11.5. The van der Waals surface area contributed by atoms with Crippen LogP contribution in [-0.2, 0) is 11.2 Å². The van der Waals surface area contributed by atoms with E-state index in [1.54, 1.807) is 24.3 Å². The summed E-state index contributed by atoms with van der Waals surface area (Å²) >= 11 is 1.94. The van der Waals surface area contributed by atoms with E-state index in [1.165, 1.54) is 25.0 Å². The fourth-order valence-corrected chi connectivity index (χ4v) is 3.53. The van der Waals surface area contributed by atoms with E-state index in [1.807, 2.05) is 11.8 Å². The van der Waals surface area contributed by atoms with Crippen molar-refractivity contribution in [3.05, 3.63) is 29.8 Å². The normalized spacial score (nSPS) is 20.4. The van der Waals surface area contributed by atoms with Crippen LogP contribution in [0.25, 0.3) is 0 Å². The Bertz CT molecular complexity index is 430. The molecule has 5 heteroatoms. The minimum atomic E-state index is -0.534. The summed E-state index contributed by atoms with van der Waals surface area (Å²) in [5, 5.41) is 12.7. The SMILES string of the molecule is N[C@H](Cc1ccc(O)cc1)C(=O)NCC1CCCCS1. The number of hydrogen-bond donors (Lipinski definition) is 3. The highest BCUT2D eigenvalue weighted by atomic mass is 32.2. The van der Waals surface area contributed by atoms with Gasteiger partial charge >= 0.3 is 0 Å². The highest BCUT2D eigenvalue weighted by Crippen LogP contribution is 2.24. The molecule has 1 aromatic carbocycles. The molecule has 2 rings (SSSR count). The van der Waals surface area contributed by atoms with E-state index in [0.29, 0.717) is 18.2 Å². The molecule has 2 atom stereocenters. The fraction of sp³-hybridized carbons (Fsp3) is 0.533. The Hall–Kier alpha value is -1.20. The maximum atomic E-state index is 12.0. The molecule has 0 aromatic heterocycles. The topological polar surface area (TPSA) is 75.3 Å². The third-order valence-corrected chi connectivity index (χ3v) is 4.90. The van der Waals surface area contributed by atoms with Crippen molar-refractivity contribution in [1.29, 1.82) is 0 Å². The second kappa shape index (κ2) is 7.55. The van der Waals surface area contributed by atoms with Gasteiger partial charge in [-0.3, -0.25) is 4.79 Å². The van der Waals surface area contributed by atoms with Crippen LogP contribution in [0, 0.1) is 0 Å². The Morgan fingerprint density at radius 3 is 2.80 bits per heavy atom. The average Bonchev–Trinajstić information content (AvgIpc) is 2.48. The third kappa shape index (κ3) is 4.72. The van der Waals surface area contributed by atoms with Crippen molar-refractivity contribution in [3.8, 4) is 5.75 Å². The lowest BCUT2D eigenvalue weighted by atomic mass is 10.1. The Labute approximate surface area is 124 Å². The highest BCUT2D eigenvalue weighted by Gasteiger charge is 2.18. The van der Waals surface area contributed by atoms with E-state index in [4.69, 9.17) is 5.73 Å². The third-order valence-electron chi connectivity index (χ3n) is 3.51. The number of aromatic hydroxyl groups is 1. The van der Waals surface area contributed by atoms with Gasteiger partial charge in [0.25, 0.3) is 0 Å². The Kier molecular flexibility index (Phi) is 5.73. The minimum absolute atomic E-state index is 0.0933. The van der Waals surface area contributed by atoms with Crippen LogP contribution in [0.5, 0.6) is 5.75 Å². The maximum Gasteiger partial charge on any atom is 0.237 e. The molecular weight excluding hydrogens is 272 g/mol. The smallest absolute Gasteiger partial charge is 0.237 e. The molecule has 4 nitrogen and oxygen atoms in total. The van der Waals surface area contributed by atoms with Crippen LogP contribution in [0.15, 0.2) is 24.3 Å². The monoisotopic (exact) mass is 294 g/mol. The van der Waals surface area contributed by atoms with Crippen LogP contribution in [0.4, 0.5) is 0 Å². The van der Waals surface area contributed by atoms with Gasteiger partial charge in [-0.1, -0.05) is 18.6 Å². The van der Waals surface area contributed by atoms with Crippen LogP contribution in [0.1, 0.15) is 24.8 Å². The molecule has 1 aromatic rings. The number of rotatable bonds is 5.